The van der Waals surface area contributed by atoms with Gasteiger partial charge in [0.25, 0.3) is 0 Å². The third-order valence-electron chi connectivity index (χ3n) is 3.38. The van der Waals surface area contributed by atoms with E-state index >= 15 is 0 Å². The van der Waals surface area contributed by atoms with E-state index in [9.17, 15) is 5.11 Å². The summed E-state index contributed by atoms with van der Waals surface area (Å²) in [4.78, 5) is 0. The lowest BCUT2D eigenvalue weighted by Crippen LogP contribution is -2.42. The summed E-state index contributed by atoms with van der Waals surface area (Å²) in [5.41, 5.74) is 0. The van der Waals surface area contributed by atoms with Crippen molar-refractivity contribution in [2.24, 2.45) is 0 Å². The molecular weight excluding hydrogens is 429 g/mol. The van der Waals surface area contributed by atoms with E-state index in [-0.39, 0.29) is 6.61 Å². The van der Waals surface area contributed by atoms with E-state index in [0.29, 0.717) is 0 Å². The van der Waals surface area contributed by atoms with Crippen molar-refractivity contribution in [3.8, 4) is 0 Å². The highest BCUT2D eigenvalue weighted by Gasteiger charge is 2.59. The topological polar surface area (TPSA) is 66.4 Å². The number of ether oxygens (including phenoxy) is 5. The number of hydrogen-bond donors (Lipinski definition) is 1. The normalized spacial score (nSPS) is 46.2. The molecular formula is C10H10Cl6O6. The van der Waals surface area contributed by atoms with Crippen molar-refractivity contribution < 1.29 is 28.8 Å². The van der Waals surface area contributed by atoms with Gasteiger partial charge < -0.3 is 28.8 Å². The van der Waals surface area contributed by atoms with Gasteiger partial charge in [-0.15, -0.1) is 0 Å². The van der Waals surface area contributed by atoms with Crippen LogP contribution in [0, 0.1) is 0 Å². The first-order chi connectivity index (χ1) is 10.1. The van der Waals surface area contributed by atoms with Crippen LogP contribution in [0.15, 0.2) is 0 Å². The second-order valence-electron chi connectivity index (χ2n) is 4.95. The van der Waals surface area contributed by atoms with Crippen molar-refractivity contribution in [1.82, 2.24) is 0 Å². The van der Waals surface area contributed by atoms with E-state index in [1.165, 1.54) is 0 Å². The van der Waals surface area contributed by atoms with E-state index in [4.69, 9.17) is 93.3 Å². The van der Waals surface area contributed by atoms with E-state index in [2.05, 4.69) is 0 Å². The van der Waals surface area contributed by atoms with Crippen molar-refractivity contribution in [2.45, 2.75) is 50.9 Å². The van der Waals surface area contributed by atoms with Crippen LogP contribution in [0.3, 0.4) is 0 Å². The van der Waals surface area contributed by atoms with E-state index in [1.54, 1.807) is 0 Å². The smallest absolute Gasteiger partial charge is 0.241 e. The Balaban J connectivity index is 1.62. The Morgan fingerprint density at radius 1 is 0.773 bits per heavy atom. The number of rotatable bonds is 1. The molecule has 0 radical (unpaired) electrons. The van der Waals surface area contributed by atoms with Crippen molar-refractivity contribution in [3.05, 3.63) is 0 Å². The minimum Gasteiger partial charge on any atom is -0.387 e. The van der Waals surface area contributed by atoms with Gasteiger partial charge in [-0.1, -0.05) is 69.6 Å². The highest BCUT2D eigenvalue weighted by Crippen LogP contribution is 2.44. The predicted octanol–water partition coefficient (Wildman–Crippen LogP) is 2.30. The first-order valence-electron chi connectivity index (χ1n) is 6.12. The summed E-state index contributed by atoms with van der Waals surface area (Å²) in [6, 6.07) is 0. The van der Waals surface area contributed by atoms with Crippen LogP contribution >= 0.6 is 69.6 Å². The standard InChI is InChI=1S/C10H10Cl6O6/c11-9(12,13)7-18-1-2(19-7)4-3(17)5-6(20-4)22-8(21-5)10(14,15)16/h2-8,17H,1H2/t2-,3+,4-,5+,6+,7-,8+/m0/s1. The lowest BCUT2D eigenvalue weighted by atomic mass is 10.1. The molecule has 3 saturated heterocycles. The molecule has 0 saturated carbocycles. The molecule has 3 aliphatic rings. The molecule has 1 N–H and O–H groups in total. The van der Waals surface area contributed by atoms with Gasteiger partial charge in [-0.05, 0) is 0 Å². The Hall–Kier alpha value is 1.50. The molecule has 0 aromatic rings. The second-order valence-corrected chi connectivity index (χ2v) is 9.69. The van der Waals surface area contributed by atoms with E-state index in [0.717, 1.165) is 0 Å². The zero-order valence-electron chi connectivity index (χ0n) is 10.5. The number of hydrogen-bond acceptors (Lipinski definition) is 6. The third-order valence-corrected chi connectivity index (χ3v) is 4.45. The molecule has 0 aromatic heterocycles. The van der Waals surface area contributed by atoms with Gasteiger partial charge in [0.15, 0.2) is 6.29 Å². The van der Waals surface area contributed by atoms with Crippen LogP contribution in [0.25, 0.3) is 0 Å². The Kier molecular flexibility index (Phi) is 5.27. The number of halogens is 6. The van der Waals surface area contributed by atoms with Crippen LogP contribution in [0.2, 0.25) is 0 Å². The lowest BCUT2D eigenvalue weighted by molar-refractivity contribution is -0.189. The van der Waals surface area contributed by atoms with Crippen LogP contribution in [-0.2, 0) is 23.7 Å². The van der Waals surface area contributed by atoms with Gasteiger partial charge in [-0.2, -0.15) is 0 Å². The summed E-state index contributed by atoms with van der Waals surface area (Å²) in [7, 11) is 0. The summed E-state index contributed by atoms with van der Waals surface area (Å²) in [5.74, 6) is 0. The zero-order valence-corrected chi connectivity index (χ0v) is 15.0. The number of aliphatic hydroxyl groups is 1. The van der Waals surface area contributed by atoms with Crippen molar-refractivity contribution >= 4 is 69.6 Å². The van der Waals surface area contributed by atoms with E-state index in [1.807, 2.05) is 0 Å². The van der Waals surface area contributed by atoms with Gasteiger partial charge in [0, 0.05) is 0 Å². The summed E-state index contributed by atoms with van der Waals surface area (Å²) in [6.07, 6.45) is -6.43. The first-order valence-corrected chi connectivity index (χ1v) is 8.39. The number of fused-ring (bicyclic) bond motifs is 1. The molecule has 3 heterocycles. The molecule has 6 nitrogen and oxygen atoms in total. The molecule has 128 valence electrons. The molecule has 0 spiro atoms. The molecule has 22 heavy (non-hydrogen) atoms. The second kappa shape index (κ2) is 6.34. The largest absolute Gasteiger partial charge is 0.387 e. The maximum absolute atomic E-state index is 10.3. The summed E-state index contributed by atoms with van der Waals surface area (Å²) >= 11 is 34.2. The first kappa shape index (κ1) is 18.3. The van der Waals surface area contributed by atoms with Gasteiger partial charge in [-0.25, -0.2) is 0 Å². The Bertz CT molecular complexity index is 427. The third kappa shape index (κ3) is 3.54. The summed E-state index contributed by atoms with van der Waals surface area (Å²) in [5, 5.41) is 10.3. The van der Waals surface area contributed by atoms with Crippen LogP contribution in [-0.4, -0.2) is 62.6 Å². The minimum atomic E-state index is -1.80. The van der Waals surface area contributed by atoms with Gasteiger partial charge in [-0.3, -0.25) is 0 Å². The minimum absolute atomic E-state index is 0.0770. The Morgan fingerprint density at radius 2 is 1.41 bits per heavy atom. The van der Waals surface area contributed by atoms with Crippen molar-refractivity contribution in [3.63, 3.8) is 0 Å². The van der Waals surface area contributed by atoms with E-state index < -0.39 is 50.9 Å². The molecule has 0 aliphatic carbocycles. The van der Waals surface area contributed by atoms with Crippen LogP contribution in [0.5, 0.6) is 0 Å². The van der Waals surface area contributed by atoms with Gasteiger partial charge in [0.1, 0.15) is 24.4 Å². The SMILES string of the molecule is O[C@@H]1[C@H]([C@@H]2CO[C@H](C(Cl)(Cl)Cl)O2)O[C@@H]2O[C@H](C(Cl)(Cl)Cl)O[C@@H]21. The maximum atomic E-state index is 10.3. The maximum Gasteiger partial charge on any atom is 0.241 e. The molecule has 0 bridgehead atoms. The summed E-state index contributed by atoms with van der Waals surface area (Å²) < 4.78 is 23.4. The van der Waals surface area contributed by atoms with Crippen LogP contribution in [0.1, 0.15) is 0 Å². The fourth-order valence-corrected chi connectivity index (χ4v) is 3.09. The molecule has 7 atom stereocenters. The molecule has 12 heteroatoms. The quantitative estimate of drug-likeness (QED) is 0.634. The zero-order chi connectivity index (χ0) is 16.3. The number of aliphatic hydroxyl groups excluding tert-OH is 1. The average molecular weight is 439 g/mol. The fourth-order valence-electron chi connectivity index (χ4n) is 2.44. The monoisotopic (exact) mass is 436 g/mol. The number of alkyl halides is 6. The lowest BCUT2D eigenvalue weighted by Gasteiger charge is -2.25. The molecule has 0 aromatic carbocycles. The van der Waals surface area contributed by atoms with Crippen molar-refractivity contribution in [2.75, 3.05) is 6.61 Å². The molecule has 0 unspecified atom stereocenters. The highest BCUT2D eigenvalue weighted by molar-refractivity contribution is 6.68. The highest BCUT2D eigenvalue weighted by atomic mass is 35.6. The van der Waals surface area contributed by atoms with Crippen molar-refractivity contribution in [1.29, 1.82) is 0 Å². The van der Waals surface area contributed by atoms with Gasteiger partial charge >= 0.3 is 0 Å². The Labute approximate surface area is 155 Å². The Morgan fingerprint density at radius 3 is 1.91 bits per heavy atom. The van der Waals surface area contributed by atoms with Crippen LogP contribution < -0.4 is 0 Å². The molecule has 3 fully saturated rings. The van der Waals surface area contributed by atoms with Gasteiger partial charge in [0.2, 0.25) is 20.2 Å². The molecule has 0 amide bonds. The van der Waals surface area contributed by atoms with Crippen LogP contribution in [0.4, 0.5) is 0 Å². The molecule has 3 rings (SSSR count). The summed E-state index contributed by atoms with van der Waals surface area (Å²) in [6.45, 7) is 0.0770. The van der Waals surface area contributed by atoms with Gasteiger partial charge in [0.05, 0.1) is 6.61 Å². The average Bonchev–Trinajstić information content (AvgIpc) is 3.03. The predicted molar refractivity (Wildman–Crippen MR) is 79.6 cm³/mol. The molecule has 3 aliphatic heterocycles. The fraction of sp³-hybridized carbons (Fsp3) is 1.00.